The van der Waals surface area contributed by atoms with Crippen LogP contribution in [0.25, 0.3) is 0 Å². The highest BCUT2D eigenvalue weighted by atomic mass is 35.5. The van der Waals surface area contributed by atoms with Gasteiger partial charge in [0.05, 0.1) is 10.9 Å². The quantitative estimate of drug-likeness (QED) is 0.654. The van der Waals surface area contributed by atoms with E-state index in [1.165, 1.54) is 6.07 Å². The molecule has 0 saturated heterocycles. The van der Waals surface area contributed by atoms with E-state index in [0.717, 1.165) is 5.56 Å². The first-order valence-corrected chi connectivity index (χ1v) is 6.41. The SMILES string of the molecule is N=C(N)Cc1ccc(OCc2cccc(F)c2Cl)cc1. The molecule has 0 aliphatic heterocycles. The molecule has 0 aliphatic carbocycles. The minimum atomic E-state index is -0.454. The van der Waals surface area contributed by atoms with Crippen LogP contribution >= 0.6 is 11.6 Å². The summed E-state index contributed by atoms with van der Waals surface area (Å²) < 4.78 is 18.8. The second kappa shape index (κ2) is 6.39. The molecule has 5 heteroatoms. The molecule has 3 nitrogen and oxygen atoms in total. The summed E-state index contributed by atoms with van der Waals surface area (Å²) >= 11 is 5.85. The number of nitrogens with two attached hydrogens (primary N) is 1. The van der Waals surface area contributed by atoms with Crippen LogP contribution < -0.4 is 10.5 Å². The van der Waals surface area contributed by atoms with E-state index >= 15 is 0 Å². The Balaban J connectivity index is 2.00. The zero-order chi connectivity index (χ0) is 14.5. The Bertz CT molecular complexity index is 614. The fourth-order valence-electron chi connectivity index (χ4n) is 1.74. The van der Waals surface area contributed by atoms with Crippen LogP contribution in [0.3, 0.4) is 0 Å². The molecular weight excluding hydrogens is 279 g/mol. The summed E-state index contributed by atoms with van der Waals surface area (Å²) in [5.74, 6) is 0.312. The van der Waals surface area contributed by atoms with Crippen molar-refractivity contribution in [2.45, 2.75) is 13.0 Å². The van der Waals surface area contributed by atoms with Crippen LogP contribution in [-0.4, -0.2) is 5.84 Å². The minimum absolute atomic E-state index is 0.0840. The summed E-state index contributed by atoms with van der Waals surface area (Å²) in [5, 5.41) is 7.30. The molecule has 20 heavy (non-hydrogen) atoms. The van der Waals surface area contributed by atoms with Gasteiger partial charge in [0.2, 0.25) is 0 Å². The van der Waals surface area contributed by atoms with Gasteiger partial charge in [0.25, 0.3) is 0 Å². The maximum absolute atomic E-state index is 13.3. The molecule has 0 unspecified atom stereocenters. The van der Waals surface area contributed by atoms with Crippen molar-refractivity contribution in [3.8, 4) is 5.75 Å². The van der Waals surface area contributed by atoms with Crippen LogP contribution in [0.5, 0.6) is 5.75 Å². The third kappa shape index (κ3) is 3.71. The van der Waals surface area contributed by atoms with Crippen molar-refractivity contribution >= 4 is 17.4 Å². The molecule has 2 aromatic rings. The monoisotopic (exact) mass is 292 g/mol. The number of amidine groups is 1. The van der Waals surface area contributed by atoms with Crippen molar-refractivity contribution in [2.24, 2.45) is 5.73 Å². The van der Waals surface area contributed by atoms with Crippen molar-refractivity contribution in [1.82, 2.24) is 0 Å². The Hall–Kier alpha value is -2.07. The third-order valence-electron chi connectivity index (χ3n) is 2.74. The van der Waals surface area contributed by atoms with Gasteiger partial charge in [-0.15, -0.1) is 0 Å². The zero-order valence-electron chi connectivity index (χ0n) is 10.7. The van der Waals surface area contributed by atoms with E-state index in [-0.39, 0.29) is 17.5 Å². The number of hydrogen-bond acceptors (Lipinski definition) is 2. The third-order valence-corrected chi connectivity index (χ3v) is 3.17. The summed E-state index contributed by atoms with van der Waals surface area (Å²) in [6.07, 6.45) is 0.413. The van der Waals surface area contributed by atoms with Crippen molar-refractivity contribution in [3.05, 3.63) is 64.4 Å². The molecule has 0 fully saturated rings. The number of benzene rings is 2. The fourth-order valence-corrected chi connectivity index (χ4v) is 1.93. The van der Waals surface area contributed by atoms with Crippen molar-refractivity contribution in [3.63, 3.8) is 0 Å². The van der Waals surface area contributed by atoms with Crippen molar-refractivity contribution in [2.75, 3.05) is 0 Å². The molecule has 104 valence electrons. The molecule has 3 N–H and O–H groups in total. The molecule has 0 atom stereocenters. The second-order valence-electron chi connectivity index (χ2n) is 4.35. The average Bonchev–Trinajstić information content (AvgIpc) is 2.41. The highest BCUT2D eigenvalue weighted by Crippen LogP contribution is 2.22. The molecule has 0 aliphatic rings. The van der Waals surface area contributed by atoms with Gasteiger partial charge in [0, 0.05) is 12.0 Å². The first kappa shape index (κ1) is 14.3. The van der Waals surface area contributed by atoms with Gasteiger partial charge in [-0.3, -0.25) is 5.41 Å². The van der Waals surface area contributed by atoms with Crippen LogP contribution in [0.2, 0.25) is 5.02 Å². The number of halogens is 2. The number of rotatable bonds is 5. The lowest BCUT2D eigenvalue weighted by molar-refractivity contribution is 0.305. The van der Waals surface area contributed by atoms with Gasteiger partial charge in [0.1, 0.15) is 18.2 Å². The van der Waals surface area contributed by atoms with Crippen LogP contribution in [0, 0.1) is 11.2 Å². The second-order valence-corrected chi connectivity index (χ2v) is 4.73. The summed E-state index contributed by atoms with van der Waals surface area (Å²) in [5.41, 5.74) is 6.87. The number of ether oxygens (including phenoxy) is 1. The Morgan fingerprint density at radius 1 is 1.20 bits per heavy atom. The largest absolute Gasteiger partial charge is 0.489 e. The Kier molecular flexibility index (Phi) is 4.58. The molecule has 0 aromatic heterocycles. The first-order chi connectivity index (χ1) is 9.56. The summed E-state index contributed by atoms with van der Waals surface area (Å²) in [7, 11) is 0. The minimum Gasteiger partial charge on any atom is -0.489 e. The Labute approximate surface area is 121 Å². The maximum atomic E-state index is 13.3. The topological polar surface area (TPSA) is 59.1 Å². The molecule has 0 heterocycles. The lowest BCUT2D eigenvalue weighted by Crippen LogP contribution is -2.12. The first-order valence-electron chi connectivity index (χ1n) is 6.04. The fraction of sp³-hybridized carbons (Fsp3) is 0.133. The summed E-state index contributed by atoms with van der Waals surface area (Å²) in [6, 6.07) is 11.9. The van der Waals surface area contributed by atoms with E-state index in [1.54, 1.807) is 24.3 Å². The maximum Gasteiger partial charge on any atom is 0.142 e. The van der Waals surface area contributed by atoms with Gasteiger partial charge in [0.15, 0.2) is 0 Å². The van der Waals surface area contributed by atoms with E-state index in [4.69, 9.17) is 27.5 Å². The van der Waals surface area contributed by atoms with Gasteiger partial charge in [-0.2, -0.15) is 0 Å². The van der Waals surface area contributed by atoms with Gasteiger partial charge in [-0.05, 0) is 23.8 Å². The van der Waals surface area contributed by atoms with E-state index in [1.807, 2.05) is 12.1 Å². The van der Waals surface area contributed by atoms with Crippen molar-refractivity contribution < 1.29 is 9.13 Å². The standard InChI is InChI=1S/C15H14ClFN2O/c16-15-11(2-1-3-13(15)17)9-20-12-6-4-10(5-7-12)8-14(18)19/h1-7H,8-9H2,(H3,18,19). The molecule has 0 bridgehead atoms. The zero-order valence-corrected chi connectivity index (χ0v) is 11.5. The van der Waals surface area contributed by atoms with Gasteiger partial charge < -0.3 is 10.5 Å². The van der Waals surface area contributed by atoms with Gasteiger partial charge >= 0.3 is 0 Å². The lowest BCUT2D eigenvalue weighted by Gasteiger charge is -2.09. The number of hydrogen-bond donors (Lipinski definition) is 2. The van der Waals surface area contributed by atoms with Gasteiger partial charge in [-0.25, -0.2) is 4.39 Å². The Morgan fingerprint density at radius 3 is 2.55 bits per heavy atom. The van der Waals surface area contributed by atoms with E-state index < -0.39 is 5.82 Å². The number of nitrogens with one attached hydrogen (secondary N) is 1. The van der Waals surface area contributed by atoms with Crippen LogP contribution in [-0.2, 0) is 13.0 Å². The van der Waals surface area contributed by atoms with E-state index in [9.17, 15) is 4.39 Å². The lowest BCUT2D eigenvalue weighted by atomic mass is 10.1. The molecule has 0 amide bonds. The smallest absolute Gasteiger partial charge is 0.142 e. The predicted molar refractivity (Wildman–Crippen MR) is 77.8 cm³/mol. The van der Waals surface area contributed by atoms with E-state index in [0.29, 0.717) is 17.7 Å². The van der Waals surface area contributed by atoms with Crippen molar-refractivity contribution in [1.29, 1.82) is 5.41 Å². The summed E-state index contributed by atoms with van der Waals surface area (Å²) in [6.45, 7) is 0.197. The predicted octanol–water partition coefficient (Wildman–Crippen LogP) is 3.54. The van der Waals surface area contributed by atoms with Crippen LogP contribution in [0.4, 0.5) is 4.39 Å². The van der Waals surface area contributed by atoms with Crippen LogP contribution in [0.15, 0.2) is 42.5 Å². The summed E-state index contributed by atoms with van der Waals surface area (Å²) in [4.78, 5) is 0. The molecule has 0 radical (unpaired) electrons. The van der Waals surface area contributed by atoms with Crippen LogP contribution in [0.1, 0.15) is 11.1 Å². The molecule has 0 spiro atoms. The Morgan fingerprint density at radius 2 is 1.90 bits per heavy atom. The highest BCUT2D eigenvalue weighted by Gasteiger charge is 2.06. The van der Waals surface area contributed by atoms with E-state index in [2.05, 4.69) is 0 Å². The molecule has 0 saturated carbocycles. The molecule has 2 aromatic carbocycles. The average molecular weight is 293 g/mol. The van der Waals surface area contributed by atoms with Gasteiger partial charge in [-0.1, -0.05) is 35.9 Å². The highest BCUT2D eigenvalue weighted by molar-refractivity contribution is 6.31. The molecule has 2 rings (SSSR count). The normalized spacial score (nSPS) is 10.3. The molecular formula is C15H14ClFN2O.